The highest BCUT2D eigenvalue weighted by Gasteiger charge is 2.25. The van der Waals surface area contributed by atoms with Crippen molar-refractivity contribution < 1.29 is 123 Å². The fourth-order valence-electron chi connectivity index (χ4n) is 11.4. The number of nitrogens with zero attached hydrogens (tertiary/aromatic N) is 8. The largest absolute Gasteiger partial charge is 0.468 e. The third-order valence-corrected chi connectivity index (χ3v) is 25.4. The number of nitrogens with two attached hydrogens (primary N) is 1. The van der Waals surface area contributed by atoms with Gasteiger partial charge in [-0.25, -0.2) is 27.3 Å². The van der Waals surface area contributed by atoms with E-state index in [0.717, 1.165) is 134 Å². The molecular formula is C100H121BrClF6IN9O25PS6. The Kier molecular flexibility index (Phi) is 74.5. The Labute approximate surface area is 919 Å². The van der Waals surface area contributed by atoms with Crippen LogP contribution in [0.25, 0.3) is 0 Å². The molecule has 150 heavy (non-hydrogen) atoms. The van der Waals surface area contributed by atoms with Crippen molar-refractivity contribution >= 4 is 226 Å². The number of nitrogen functional groups attached to an aromatic ring is 1. The molecule has 0 radical (unpaired) electrons. The Balaban J connectivity index is 0. The van der Waals surface area contributed by atoms with Crippen LogP contribution in [0.15, 0.2) is 254 Å². The topological polar surface area (TPSA) is 476 Å². The molecule has 0 spiro atoms. The number of aliphatic hydroxyl groups excluding tert-OH is 1. The zero-order valence-electron chi connectivity index (χ0n) is 84.9. The first-order valence-electron chi connectivity index (χ1n) is 44.5. The van der Waals surface area contributed by atoms with Gasteiger partial charge in [0.1, 0.15) is 22.5 Å². The number of carbonyl (C=O) groups is 4. The van der Waals surface area contributed by atoms with Gasteiger partial charge in [-0.1, -0.05) is 221 Å². The number of thiocarbonyl (C=S) groups is 1. The molecule has 0 aromatic heterocycles. The van der Waals surface area contributed by atoms with Gasteiger partial charge in [-0.2, -0.15) is 22.6 Å². The van der Waals surface area contributed by atoms with E-state index in [1.54, 1.807) is 28.7 Å². The number of carbonyl (C=O) groups excluding carboxylic acids is 5. The molecule has 0 bridgehead atoms. The standard InChI is InChI=1S/C18H15P.C17H26N2O4S.C17H28N2O2S.C9H8FNO4S.C9H20.C7H3F2NO.C6H3ClFNO4S.C6H4FNO2S.C6H4FNO2.C3H5BrO2.CHIO3S.CH4O/c1-4-10-16(11-5-1)19(17-12-6-2-7-13-17)18-14-8-3-9-15-18;1-12(2)9-18(10-13(3)4)15-7-6-14(8-16(15)19(21)22)24-11-17(20)23-5;1-12(2)9-19(10-13(3)4)16-7-6-14(8-15(16)18)22-11-17(20)21-5;1-15-9(12)5-16-6-2-3-7(10)8(4-6)11(13)14;1-8(2)6-5-7-9(3)4;8-5-1-2-7(10-4-11)6(9)3-5;7-14(12,13)4-1-2-5(8)6(3-4)9(10)11;7-5-2-1-4(11)3-6(5)8(9)10;7-5-3-1-2-4-6(5)8(9)10;1-6-3(5)2-4;2-1(6)4-5-3;1-2/h1-15H;6-8,12-13H,9-11H2,1-5H3;6-8,12-13H,9-11,18H2,1-5H3;2-4H,5H2,1H3;8-9H,5-7H2,1-4H3;1-3H;1-3H;1-3,11H;1-4H;2H2,1H3;3H;2H,1H3. The van der Waals surface area contributed by atoms with E-state index in [2.05, 4.69) is 265 Å². The first kappa shape index (κ1) is 141. The molecule has 4 N–H and O–H groups in total. The van der Waals surface area contributed by atoms with E-state index in [-0.39, 0.29) is 54.1 Å². The number of esters is 4. The summed E-state index contributed by atoms with van der Waals surface area (Å²) in [6.07, 6.45) is 5.37. The van der Waals surface area contributed by atoms with Gasteiger partial charge in [-0.3, -0.25) is 74.6 Å². The lowest BCUT2D eigenvalue weighted by molar-refractivity contribution is -0.446. The van der Waals surface area contributed by atoms with Gasteiger partial charge in [0.05, 0.1) is 86.6 Å². The molecule has 10 rings (SSSR count). The second kappa shape index (κ2) is 79.5. The normalized spacial score (nSPS) is 10.1. The average molecular weight is 2430 g/mol. The van der Waals surface area contributed by atoms with Crippen LogP contribution in [0.2, 0.25) is 0 Å². The lowest BCUT2D eigenvalue weighted by atomic mass is 10.0. The predicted octanol–water partition coefficient (Wildman–Crippen LogP) is 25.2. The molecular weight excluding hydrogens is 2310 g/mol. The van der Waals surface area contributed by atoms with Crippen LogP contribution in [0.4, 0.5) is 77.5 Å². The average Bonchev–Trinajstić information content (AvgIpc) is 0.819. The maximum Gasteiger partial charge on any atom is 0.316 e. The molecule has 820 valence electrons. The molecule has 34 nitrogen and oxygen atoms in total. The molecule has 0 aliphatic carbocycles. The third kappa shape index (κ3) is 62.3. The Morgan fingerprint density at radius 1 is 0.473 bits per heavy atom. The van der Waals surface area contributed by atoms with Crippen LogP contribution in [-0.4, -0.2) is 161 Å². The van der Waals surface area contributed by atoms with Crippen molar-refractivity contribution in [1.82, 2.24) is 0 Å². The quantitative estimate of drug-likeness (QED) is 0.00227. The molecule has 0 atom stereocenters. The number of aliphatic hydroxyl groups is 1. The van der Waals surface area contributed by atoms with Crippen molar-refractivity contribution in [1.29, 1.82) is 0 Å². The van der Waals surface area contributed by atoms with Gasteiger partial charge >= 0.3 is 46.6 Å². The number of isocyanates is 1. The van der Waals surface area contributed by atoms with Crippen molar-refractivity contribution in [2.75, 3.05) is 99.9 Å². The van der Waals surface area contributed by atoms with Crippen LogP contribution in [0.5, 0.6) is 0 Å². The Morgan fingerprint density at radius 2 is 0.813 bits per heavy atom. The SMILES string of the molecule is CC(C)CCCC(C)C.CO.COC(=O)CBr.COC(=O)CSc1ccc(F)c([N+](=O)[O-])c1.COC(=O)CSc1ccc(N(CC(C)C)CC(C)C)c(N)c1.COC(=O)CSc1ccc(N(CC(C)C)CC(C)C)c([N+](=O)[O-])c1.O=C=Nc1ccc(F)cc1F.O=[N+]([O-])c1cc(S(=O)(=O)Cl)ccc1F.O=[N+]([O-])c1cc(S)ccc1F.O=[N+]([O-])c1ccccc1F.OOOC(=S)I.c1ccc(P(c2ccccc2)c2ccccc2)cc1. The highest BCUT2D eigenvalue weighted by Crippen LogP contribution is 2.37. The number of alkyl halides is 1. The summed E-state index contributed by atoms with van der Waals surface area (Å²) in [5.74, 6) is -2.29. The molecule has 0 amide bonds. The molecule has 50 heteroatoms. The summed E-state index contributed by atoms with van der Waals surface area (Å²) in [7, 11) is 6.71. The van der Waals surface area contributed by atoms with Gasteiger partial charge in [0, 0.05) is 123 Å². The summed E-state index contributed by atoms with van der Waals surface area (Å²) in [4.78, 5) is 115. The van der Waals surface area contributed by atoms with Crippen LogP contribution >= 0.6 is 117 Å². The number of anilines is 3. The number of aliphatic imine (C=N–C) groups is 1. The summed E-state index contributed by atoms with van der Waals surface area (Å²) in [5, 5.41) is 74.3. The number of thioether (sulfide) groups is 3. The summed E-state index contributed by atoms with van der Waals surface area (Å²) in [6, 6.07) is 60.2. The number of nitro benzene ring substituents is 5. The van der Waals surface area contributed by atoms with Crippen molar-refractivity contribution in [2.24, 2.45) is 40.5 Å². The molecule has 0 fully saturated rings. The smallest absolute Gasteiger partial charge is 0.316 e. The zero-order valence-corrected chi connectivity index (χ0v) is 95.3. The number of para-hydroxylation sites is 1. The van der Waals surface area contributed by atoms with Crippen molar-refractivity contribution in [3.8, 4) is 0 Å². The number of thiol groups is 1. The van der Waals surface area contributed by atoms with Crippen LogP contribution in [0.3, 0.4) is 0 Å². The van der Waals surface area contributed by atoms with Crippen LogP contribution in [0, 0.1) is 121 Å². The molecule has 0 saturated carbocycles. The molecule has 0 heterocycles. The van der Waals surface area contributed by atoms with E-state index in [1.165, 1.54) is 117 Å². The van der Waals surface area contributed by atoms with Crippen LogP contribution < -0.4 is 31.4 Å². The lowest BCUT2D eigenvalue weighted by Gasteiger charge is -2.29. The number of rotatable bonds is 35. The fourth-order valence-corrected chi connectivity index (χ4v) is 17.3. The molecule has 0 unspecified atom stereocenters. The number of hydrogen-bond acceptors (Lipinski definition) is 34. The van der Waals surface area contributed by atoms with Gasteiger partial charge in [-0.05, 0) is 162 Å². The van der Waals surface area contributed by atoms with Crippen LogP contribution in [0.1, 0.15) is 102 Å². The Hall–Kier alpha value is -11.5. The number of ether oxygens (including phenoxy) is 4. The number of methoxy groups -OCH3 is 4. The zero-order chi connectivity index (χ0) is 114. The van der Waals surface area contributed by atoms with E-state index < -0.39 is 105 Å². The van der Waals surface area contributed by atoms with E-state index >= 15 is 0 Å². The molecule has 10 aromatic rings. The van der Waals surface area contributed by atoms with E-state index in [4.69, 9.17) is 26.8 Å². The fraction of sp³-hybridized carbons (Fsp3) is 0.340. The minimum atomic E-state index is -4.07. The molecule has 0 aliphatic rings. The summed E-state index contributed by atoms with van der Waals surface area (Å²) >= 11 is 16.4. The van der Waals surface area contributed by atoms with Crippen molar-refractivity contribution in [3.63, 3.8) is 0 Å². The van der Waals surface area contributed by atoms with E-state index in [1.807, 2.05) is 18.2 Å². The van der Waals surface area contributed by atoms with Crippen molar-refractivity contribution in [2.45, 2.75) is 127 Å². The monoisotopic (exact) mass is 2430 g/mol. The molecule has 10 aromatic carbocycles. The number of benzene rings is 10. The minimum absolute atomic E-state index is 0.0271. The van der Waals surface area contributed by atoms with Gasteiger partial charge < -0.3 is 39.6 Å². The highest BCUT2D eigenvalue weighted by atomic mass is 127. The maximum absolute atomic E-state index is 12.9. The lowest BCUT2D eigenvalue weighted by Crippen LogP contribution is -2.31. The van der Waals surface area contributed by atoms with E-state index in [9.17, 15) is 109 Å². The van der Waals surface area contributed by atoms with Gasteiger partial charge in [-0.15, -0.1) is 47.9 Å². The van der Waals surface area contributed by atoms with Gasteiger partial charge in [0.25, 0.3) is 17.8 Å². The first-order chi connectivity index (χ1) is 70.6. The molecule has 0 aliphatic heterocycles. The Morgan fingerprint density at radius 3 is 1.13 bits per heavy atom. The summed E-state index contributed by atoms with van der Waals surface area (Å²) in [5.41, 5.74) is 6.02. The number of halogens is 9. The first-order valence-corrected chi connectivity index (χ1v) is 54.2. The number of hydrogen-bond donors (Lipinski definition) is 4. The van der Waals surface area contributed by atoms with Crippen LogP contribution in [-0.2, 0) is 61.9 Å². The predicted molar refractivity (Wildman–Crippen MR) is 597 cm³/mol. The van der Waals surface area contributed by atoms with Gasteiger partial charge in [0.2, 0.25) is 29.3 Å². The minimum Gasteiger partial charge on any atom is -0.468 e. The second-order valence-corrected chi connectivity index (χ2v) is 43.4. The Bertz CT molecular complexity index is 5860. The number of nitro groups is 5. The maximum atomic E-state index is 12.9. The van der Waals surface area contributed by atoms with Gasteiger partial charge in [0.15, 0.2) is 5.82 Å². The van der Waals surface area contributed by atoms with Crippen molar-refractivity contribution in [3.05, 3.63) is 310 Å². The second-order valence-electron chi connectivity index (χ2n) is 32.4. The highest BCUT2D eigenvalue weighted by molar-refractivity contribution is 14.1. The molecule has 0 saturated heterocycles. The summed E-state index contributed by atoms with van der Waals surface area (Å²) < 4.78 is 115. The van der Waals surface area contributed by atoms with E-state index in [0.29, 0.717) is 68.0 Å². The third-order valence-electron chi connectivity index (χ3n) is 17.7. The summed E-state index contributed by atoms with van der Waals surface area (Å²) in [6.45, 7) is 29.9.